The molecule has 0 aliphatic carbocycles. The first-order chi connectivity index (χ1) is 10.2. The largest absolute Gasteiger partial charge is 0.146 e. The van der Waals surface area contributed by atoms with Crippen LogP contribution in [0.4, 0.5) is 0 Å². The highest BCUT2D eigenvalue weighted by Gasteiger charge is 2.28. The standard InChI is InChI=1S/C20H43B/c1-6-10-14-17-20(16-12-8-3)21(18-13-9-4)19(5)15-11-7-2/h19-20H,6-18H2,1-5H3. The van der Waals surface area contributed by atoms with E-state index in [0.29, 0.717) is 0 Å². The second-order valence-corrected chi connectivity index (χ2v) is 7.32. The van der Waals surface area contributed by atoms with Gasteiger partial charge >= 0.3 is 0 Å². The molecular weight excluding hydrogens is 251 g/mol. The van der Waals surface area contributed by atoms with Crippen LogP contribution >= 0.6 is 0 Å². The van der Waals surface area contributed by atoms with Crippen molar-refractivity contribution >= 4 is 6.71 Å². The Morgan fingerprint density at radius 1 is 0.619 bits per heavy atom. The van der Waals surface area contributed by atoms with E-state index in [0.717, 1.165) is 18.3 Å². The van der Waals surface area contributed by atoms with Gasteiger partial charge in [-0.15, -0.1) is 0 Å². The molecule has 0 saturated heterocycles. The van der Waals surface area contributed by atoms with Gasteiger partial charge in [-0.25, -0.2) is 0 Å². The van der Waals surface area contributed by atoms with Gasteiger partial charge in [-0.2, -0.15) is 0 Å². The fourth-order valence-electron chi connectivity index (χ4n) is 3.86. The van der Waals surface area contributed by atoms with Gasteiger partial charge in [0.05, 0.1) is 0 Å². The average molecular weight is 294 g/mol. The molecule has 0 heterocycles. The van der Waals surface area contributed by atoms with E-state index in [1.807, 2.05) is 0 Å². The molecule has 0 N–H and O–H groups in total. The van der Waals surface area contributed by atoms with Gasteiger partial charge in [0.1, 0.15) is 6.71 Å². The third kappa shape index (κ3) is 10.4. The summed E-state index contributed by atoms with van der Waals surface area (Å²) in [5.41, 5.74) is 0. The van der Waals surface area contributed by atoms with Crippen molar-refractivity contribution in [1.82, 2.24) is 0 Å². The Labute approximate surface area is 136 Å². The minimum absolute atomic E-state index is 0.944. The number of unbranched alkanes of at least 4 members (excludes halogenated alkanes) is 5. The summed E-state index contributed by atoms with van der Waals surface area (Å²) in [6.45, 7) is 12.9. The number of rotatable bonds is 15. The van der Waals surface area contributed by atoms with Crippen LogP contribution in [0, 0.1) is 0 Å². The molecule has 2 unspecified atom stereocenters. The maximum Gasteiger partial charge on any atom is 0.146 e. The molecule has 0 aliphatic heterocycles. The molecule has 0 saturated carbocycles. The molecule has 0 radical (unpaired) electrons. The van der Waals surface area contributed by atoms with Crippen LogP contribution in [0.15, 0.2) is 0 Å². The van der Waals surface area contributed by atoms with Crippen LogP contribution in [0.25, 0.3) is 0 Å². The molecule has 2 atom stereocenters. The highest BCUT2D eigenvalue weighted by molar-refractivity contribution is 6.62. The Hall–Kier alpha value is 0.0649. The van der Waals surface area contributed by atoms with Crippen LogP contribution in [0.2, 0.25) is 18.0 Å². The van der Waals surface area contributed by atoms with Crippen molar-refractivity contribution in [1.29, 1.82) is 0 Å². The van der Waals surface area contributed by atoms with Gasteiger partial charge in [-0.05, 0) is 0 Å². The Kier molecular flexibility index (Phi) is 15.0. The Bertz CT molecular complexity index is 202. The molecule has 0 nitrogen and oxygen atoms in total. The van der Waals surface area contributed by atoms with E-state index in [1.165, 1.54) is 83.4 Å². The van der Waals surface area contributed by atoms with Crippen LogP contribution in [0.1, 0.15) is 112 Å². The predicted octanol–water partition coefficient (Wildman–Crippen LogP) is 8.00. The Balaban J connectivity index is 4.60. The zero-order valence-corrected chi connectivity index (χ0v) is 15.9. The first-order valence-corrected chi connectivity index (χ1v) is 10.2. The van der Waals surface area contributed by atoms with Crippen molar-refractivity contribution in [3.63, 3.8) is 0 Å². The van der Waals surface area contributed by atoms with Gasteiger partial charge in [0.2, 0.25) is 0 Å². The molecule has 0 rings (SSSR count). The summed E-state index contributed by atoms with van der Waals surface area (Å²) in [4.78, 5) is 0. The summed E-state index contributed by atoms with van der Waals surface area (Å²) >= 11 is 0. The molecule has 21 heavy (non-hydrogen) atoms. The van der Waals surface area contributed by atoms with E-state index in [4.69, 9.17) is 0 Å². The van der Waals surface area contributed by atoms with Crippen LogP contribution in [0.3, 0.4) is 0 Å². The molecule has 0 aliphatic rings. The van der Waals surface area contributed by atoms with Gasteiger partial charge in [0.15, 0.2) is 0 Å². The highest BCUT2D eigenvalue weighted by Crippen LogP contribution is 2.36. The second-order valence-electron chi connectivity index (χ2n) is 7.32. The lowest BCUT2D eigenvalue weighted by molar-refractivity contribution is 0.560. The lowest BCUT2D eigenvalue weighted by Gasteiger charge is -2.30. The minimum atomic E-state index is 0.944. The number of hydrogen-bond donors (Lipinski definition) is 0. The molecule has 0 spiro atoms. The van der Waals surface area contributed by atoms with Crippen molar-refractivity contribution < 1.29 is 0 Å². The highest BCUT2D eigenvalue weighted by atomic mass is 14.1. The predicted molar refractivity (Wildman–Crippen MR) is 102 cm³/mol. The molecule has 0 amide bonds. The maximum absolute atomic E-state index is 2.55. The monoisotopic (exact) mass is 294 g/mol. The maximum atomic E-state index is 2.55. The van der Waals surface area contributed by atoms with E-state index in [9.17, 15) is 0 Å². The average Bonchev–Trinajstić information content (AvgIpc) is 2.50. The molecule has 0 bridgehead atoms. The van der Waals surface area contributed by atoms with Crippen molar-refractivity contribution in [3.05, 3.63) is 0 Å². The molecule has 0 aromatic carbocycles. The lowest BCUT2D eigenvalue weighted by Crippen LogP contribution is -2.26. The third-order valence-corrected chi connectivity index (χ3v) is 5.35. The third-order valence-electron chi connectivity index (χ3n) is 5.35. The first-order valence-electron chi connectivity index (χ1n) is 10.2. The summed E-state index contributed by atoms with van der Waals surface area (Å²) in [7, 11) is 0. The van der Waals surface area contributed by atoms with Crippen LogP contribution in [-0.2, 0) is 0 Å². The van der Waals surface area contributed by atoms with Gasteiger partial charge in [-0.3, -0.25) is 0 Å². The van der Waals surface area contributed by atoms with Crippen LogP contribution < -0.4 is 0 Å². The molecular formula is C20H43B. The normalized spacial score (nSPS) is 14.1. The lowest BCUT2D eigenvalue weighted by atomic mass is 9.30. The zero-order chi connectivity index (χ0) is 15.9. The van der Waals surface area contributed by atoms with Gasteiger partial charge in [0, 0.05) is 0 Å². The van der Waals surface area contributed by atoms with E-state index < -0.39 is 0 Å². The summed E-state index contributed by atoms with van der Waals surface area (Å²) in [5, 5.41) is 0. The van der Waals surface area contributed by atoms with E-state index in [1.54, 1.807) is 0 Å². The topological polar surface area (TPSA) is 0 Å². The molecule has 126 valence electrons. The van der Waals surface area contributed by atoms with Crippen molar-refractivity contribution in [2.24, 2.45) is 0 Å². The summed E-state index contributed by atoms with van der Waals surface area (Å²) in [5.74, 6) is 1.95. The first kappa shape index (κ1) is 21.1. The fourth-order valence-corrected chi connectivity index (χ4v) is 3.86. The van der Waals surface area contributed by atoms with Crippen LogP contribution in [0.5, 0.6) is 0 Å². The molecule has 0 aromatic rings. The smallest absolute Gasteiger partial charge is 0.0737 e. The minimum Gasteiger partial charge on any atom is -0.0737 e. The summed E-state index contributed by atoms with van der Waals surface area (Å²) < 4.78 is 0. The van der Waals surface area contributed by atoms with Gasteiger partial charge in [-0.1, -0.05) is 130 Å². The van der Waals surface area contributed by atoms with E-state index in [-0.39, 0.29) is 0 Å². The number of hydrogen-bond acceptors (Lipinski definition) is 0. The zero-order valence-electron chi connectivity index (χ0n) is 15.9. The van der Waals surface area contributed by atoms with Crippen molar-refractivity contribution in [3.8, 4) is 0 Å². The van der Waals surface area contributed by atoms with E-state index >= 15 is 0 Å². The Morgan fingerprint density at radius 3 is 1.71 bits per heavy atom. The molecule has 0 fully saturated rings. The van der Waals surface area contributed by atoms with E-state index in [2.05, 4.69) is 34.6 Å². The Morgan fingerprint density at radius 2 is 1.14 bits per heavy atom. The molecule has 0 aromatic heterocycles. The van der Waals surface area contributed by atoms with Crippen molar-refractivity contribution in [2.75, 3.05) is 0 Å². The second kappa shape index (κ2) is 15.0. The molecule has 1 heteroatoms. The quantitative estimate of drug-likeness (QED) is 0.212. The van der Waals surface area contributed by atoms with Gasteiger partial charge < -0.3 is 0 Å². The summed E-state index contributed by atoms with van der Waals surface area (Å²) in [6, 6.07) is 0. The van der Waals surface area contributed by atoms with Crippen molar-refractivity contribution in [2.45, 2.75) is 130 Å². The van der Waals surface area contributed by atoms with Crippen LogP contribution in [-0.4, -0.2) is 6.71 Å². The summed E-state index contributed by atoms with van der Waals surface area (Å²) in [6.07, 6.45) is 18.6. The van der Waals surface area contributed by atoms with Gasteiger partial charge in [0.25, 0.3) is 0 Å². The SMILES string of the molecule is CCCCCC(CCCC)B(CCCC)C(C)CCCC. The fraction of sp³-hybridized carbons (Fsp3) is 1.00.